The normalized spacial score (nSPS) is 23.6. The van der Waals surface area contributed by atoms with Crippen LogP contribution in [-0.2, 0) is 0 Å². The molecule has 0 nitrogen and oxygen atoms in total. The Bertz CT molecular complexity index is 202. The highest BCUT2D eigenvalue weighted by molar-refractivity contribution is 9.25. The maximum absolute atomic E-state index is 3.51. The smallest absolute Gasteiger partial charge is 0.0676 e. The summed E-state index contributed by atoms with van der Waals surface area (Å²) in [7, 11) is 0. The van der Waals surface area contributed by atoms with Crippen LogP contribution in [0.1, 0.15) is 6.42 Å². The van der Waals surface area contributed by atoms with Crippen molar-refractivity contribution in [2.24, 2.45) is 0 Å². The van der Waals surface area contributed by atoms with E-state index < -0.39 is 0 Å². The maximum atomic E-state index is 3.51. The van der Waals surface area contributed by atoms with Gasteiger partial charge in [0, 0.05) is 10.9 Å². The minimum Gasteiger partial charge on any atom is -0.0676 e. The van der Waals surface area contributed by atoms with Gasteiger partial charge in [-0.15, -0.1) is 0 Å². The van der Waals surface area contributed by atoms with E-state index in [1.54, 1.807) is 0 Å². The molecule has 0 amide bonds. The van der Waals surface area contributed by atoms with Gasteiger partial charge in [0.2, 0.25) is 0 Å². The first-order valence-electron chi connectivity index (χ1n) is 2.62. The molecule has 0 atom stereocenters. The molecule has 0 saturated carbocycles. The van der Waals surface area contributed by atoms with Crippen LogP contribution in [0.5, 0.6) is 0 Å². The molecule has 0 aliphatic heterocycles. The fraction of sp³-hybridized carbons (Fsp3) is 0.333. The largest absolute Gasteiger partial charge is 0.104 e. The molecule has 4 heteroatoms. The van der Waals surface area contributed by atoms with E-state index in [0.29, 0.717) is 0 Å². The van der Waals surface area contributed by atoms with Crippen molar-refractivity contribution < 1.29 is 0 Å². The van der Waals surface area contributed by atoms with Gasteiger partial charge in [-0.1, -0.05) is 63.7 Å². The molecule has 0 saturated heterocycles. The summed E-state index contributed by atoms with van der Waals surface area (Å²) < 4.78 is 2.18. The summed E-state index contributed by atoms with van der Waals surface area (Å²) in [5.74, 6) is 0. The van der Waals surface area contributed by atoms with Gasteiger partial charge in [0.15, 0.2) is 0 Å². The first-order valence-corrected chi connectivity index (χ1v) is 5.79. The van der Waals surface area contributed by atoms with E-state index >= 15 is 0 Å². The summed E-state index contributed by atoms with van der Waals surface area (Å²) in [6.07, 6.45) is 5.04. The average molecular weight is 396 g/mol. The molecule has 0 spiro atoms. The fourth-order valence-electron chi connectivity index (χ4n) is 0.720. The van der Waals surface area contributed by atoms with E-state index in [-0.39, 0.29) is 3.23 Å². The van der Waals surface area contributed by atoms with E-state index in [1.165, 1.54) is 4.48 Å². The molecule has 10 heavy (non-hydrogen) atoms. The minimum atomic E-state index is -0.0770. The predicted octanol–water partition coefficient (Wildman–Crippen LogP) is 4.43. The van der Waals surface area contributed by atoms with Gasteiger partial charge in [-0.05, 0) is 16.6 Å². The molecular weight excluding hydrogens is 392 g/mol. The third-order valence-electron chi connectivity index (χ3n) is 1.05. The van der Waals surface area contributed by atoms with Crippen LogP contribution < -0.4 is 0 Å². The van der Waals surface area contributed by atoms with Gasteiger partial charge in [-0.3, -0.25) is 0 Å². The Labute approximate surface area is 93.6 Å². The van der Waals surface area contributed by atoms with E-state index in [2.05, 4.69) is 69.8 Å². The van der Waals surface area contributed by atoms with Gasteiger partial charge in [0.05, 0.1) is 0 Å². The highest BCUT2D eigenvalue weighted by Crippen LogP contribution is 2.42. The molecule has 0 fully saturated rings. The Morgan fingerprint density at radius 2 is 1.90 bits per heavy atom. The maximum Gasteiger partial charge on any atom is 0.104 e. The fourth-order valence-corrected chi connectivity index (χ4v) is 4.85. The molecule has 0 bridgehead atoms. The monoisotopic (exact) mass is 392 g/mol. The van der Waals surface area contributed by atoms with Gasteiger partial charge in [0.1, 0.15) is 3.23 Å². The summed E-state index contributed by atoms with van der Waals surface area (Å²) in [6, 6.07) is 0. The van der Waals surface area contributed by atoms with Gasteiger partial charge in [-0.25, -0.2) is 0 Å². The van der Waals surface area contributed by atoms with Crippen molar-refractivity contribution >= 4 is 63.7 Å². The molecule has 0 aromatic rings. The molecule has 1 aliphatic rings. The number of hydrogen-bond donors (Lipinski definition) is 0. The lowest BCUT2D eigenvalue weighted by Gasteiger charge is -2.19. The van der Waals surface area contributed by atoms with Gasteiger partial charge >= 0.3 is 0 Å². The zero-order valence-electron chi connectivity index (χ0n) is 4.87. The number of alkyl halides is 2. The topological polar surface area (TPSA) is 0 Å². The predicted molar refractivity (Wildman–Crippen MR) is 59.2 cm³/mol. The number of halogens is 4. The van der Waals surface area contributed by atoms with Crippen LogP contribution in [0.25, 0.3) is 0 Å². The van der Waals surface area contributed by atoms with Crippen molar-refractivity contribution in [3.8, 4) is 0 Å². The SMILES string of the molecule is BrC1=CC(Br)(Br)CC(Br)=C1. The first-order chi connectivity index (χ1) is 4.49. The Morgan fingerprint density at radius 1 is 1.30 bits per heavy atom. The Balaban J connectivity index is 2.88. The summed E-state index contributed by atoms with van der Waals surface area (Å²) in [4.78, 5) is 0. The number of allylic oxidation sites excluding steroid dienone is 4. The third-order valence-corrected chi connectivity index (χ3v) is 3.03. The second-order valence-electron chi connectivity index (χ2n) is 2.06. The van der Waals surface area contributed by atoms with Crippen LogP contribution in [0.15, 0.2) is 21.1 Å². The van der Waals surface area contributed by atoms with Crippen molar-refractivity contribution in [1.29, 1.82) is 0 Å². The van der Waals surface area contributed by atoms with Crippen molar-refractivity contribution in [2.75, 3.05) is 0 Å². The minimum absolute atomic E-state index is 0.0770. The van der Waals surface area contributed by atoms with Crippen molar-refractivity contribution in [3.63, 3.8) is 0 Å². The van der Waals surface area contributed by atoms with Gasteiger partial charge < -0.3 is 0 Å². The second-order valence-corrected chi connectivity index (χ2v) is 7.89. The summed E-state index contributed by atoms with van der Waals surface area (Å²) in [5, 5.41) is 0. The van der Waals surface area contributed by atoms with E-state index in [4.69, 9.17) is 0 Å². The Kier molecular flexibility index (Phi) is 3.24. The summed E-state index contributed by atoms with van der Waals surface area (Å²) in [6.45, 7) is 0. The van der Waals surface area contributed by atoms with E-state index in [9.17, 15) is 0 Å². The van der Waals surface area contributed by atoms with Gasteiger partial charge in [0.25, 0.3) is 0 Å². The quantitative estimate of drug-likeness (QED) is 0.532. The average Bonchev–Trinajstić information content (AvgIpc) is 1.54. The molecular formula is C6H4Br4. The number of hydrogen-bond acceptors (Lipinski definition) is 0. The highest BCUT2D eigenvalue weighted by Gasteiger charge is 2.23. The number of rotatable bonds is 0. The summed E-state index contributed by atoms with van der Waals surface area (Å²) >= 11 is 13.9. The molecule has 1 aliphatic carbocycles. The second kappa shape index (κ2) is 3.42. The Morgan fingerprint density at radius 3 is 2.30 bits per heavy atom. The van der Waals surface area contributed by atoms with Crippen molar-refractivity contribution in [2.45, 2.75) is 9.65 Å². The summed E-state index contributed by atoms with van der Waals surface area (Å²) in [5.41, 5.74) is 0. The van der Waals surface area contributed by atoms with Crippen molar-refractivity contribution in [1.82, 2.24) is 0 Å². The molecule has 56 valence electrons. The van der Waals surface area contributed by atoms with Crippen LogP contribution in [0.4, 0.5) is 0 Å². The zero-order chi connectivity index (χ0) is 7.78. The van der Waals surface area contributed by atoms with Crippen LogP contribution in [-0.4, -0.2) is 3.23 Å². The molecule has 0 N–H and O–H groups in total. The molecule has 1 rings (SSSR count). The molecule has 0 aromatic heterocycles. The van der Waals surface area contributed by atoms with E-state index in [0.717, 1.165) is 10.9 Å². The van der Waals surface area contributed by atoms with Crippen LogP contribution in [0.3, 0.4) is 0 Å². The van der Waals surface area contributed by atoms with Crippen LogP contribution >= 0.6 is 63.7 Å². The molecule has 0 aromatic carbocycles. The third kappa shape index (κ3) is 2.80. The van der Waals surface area contributed by atoms with Gasteiger partial charge in [-0.2, -0.15) is 0 Å². The van der Waals surface area contributed by atoms with Crippen LogP contribution in [0, 0.1) is 0 Å². The lowest BCUT2D eigenvalue weighted by Crippen LogP contribution is -2.09. The first kappa shape index (κ1) is 9.49. The van der Waals surface area contributed by atoms with Crippen molar-refractivity contribution in [3.05, 3.63) is 21.1 Å². The standard InChI is InChI=1S/C6H4Br4/c7-4-1-5(8)3-6(9,10)2-4/h1-2H,3H2. The molecule has 0 heterocycles. The van der Waals surface area contributed by atoms with Crippen LogP contribution in [0.2, 0.25) is 0 Å². The highest BCUT2D eigenvalue weighted by atomic mass is 79.9. The lowest BCUT2D eigenvalue weighted by atomic mass is 10.2. The Hall–Kier alpha value is 1.40. The lowest BCUT2D eigenvalue weighted by molar-refractivity contribution is 1.01. The van der Waals surface area contributed by atoms with E-state index in [1.807, 2.05) is 6.08 Å². The molecule has 0 radical (unpaired) electrons. The molecule has 0 unspecified atom stereocenters. The zero-order valence-corrected chi connectivity index (χ0v) is 11.2.